The van der Waals surface area contributed by atoms with Crippen LogP contribution in [0.5, 0.6) is 0 Å². The molecule has 0 aliphatic rings. The number of benzene rings is 3. The van der Waals surface area contributed by atoms with Crippen molar-refractivity contribution in [2.75, 3.05) is 4.72 Å². The Kier molecular flexibility index (Phi) is 6.04. The van der Waals surface area contributed by atoms with E-state index in [0.717, 1.165) is 16.8 Å². The summed E-state index contributed by atoms with van der Waals surface area (Å²) >= 11 is 0. The van der Waals surface area contributed by atoms with Crippen LogP contribution in [0.3, 0.4) is 0 Å². The normalized spacial score (nSPS) is 11.2. The Morgan fingerprint density at radius 3 is 2.31 bits per heavy atom. The van der Waals surface area contributed by atoms with E-state index < -0.39 is 10.0 Å². The summed E-state index contributed by atoms with van der Waals surface area (Å²) in [5.74, 6) is -0.298. The first kappa shape index (κ1) is 21.3. The van der Waals surface area contributed by atoms with E-state index >= 15 is 0 Å². The molecule has 32 heavy (non-hydrogen) atoms. The number of aryl methyl sites for hydroxylation is 1. The van der Waals surface area contributed by atoms with Crippen LogP contribution >= 0.6 is 0 Å². The second-order valence-corrected chi connectivity index (χ2v) is 8.99. The lowest BCUT2D eigenvalue weighted by Crippen LogP contribution is -2.22. The highest BCUT2D eigenvalue weighted by Gasteiger charge is 2.15. The summed E-state index contributed by atoms with van der Waals surface area (Å²) in [6, 6.07) is 22.6. The van der Waals surface area contributed by atoms with Crippen LogP contribution in [-0.2, 0) is 16.6 Å². The van der Waals surface area contributed by atoms with Gasteiger partial charge in [0.2, 0.25) is 0 Å². The molecule has 4 rings (SSSR count). The lowest BCUT2D eigenvalue weighted by molar-refractivity contribution is 0.0951. The molecule has 0 atom stereocenters. The monoisotopic (exact) mass is 446 g/mol. The topological polar surface area (TPSA) is 93.1 Å². The maximum absolute atomic E-state index is 12.6. The molecule has 0 saturated heterocycles. The smallest absolute Gasteiger partial charge is 0.261 e. The Bertz CT molecular complexity index is 1310. The molecule has 2 N–H and O–H groups in total. The van der Waals surface area contributed by atoms with Gasteiger partial charge in [-0.3, -0.25) is 9.52 Å². The van der Waals surface area contributed by atoms with Gasteiger partial charge in [0.05, 0.1) is 16.8 Å². The van der Waals surface area contributed by atoms with Crippen LogP contribution in [0.4, 0.5) is 5.69 Å². The molecule has 0 saturated carbocycles. The number of nitrogens with one attached hydrogen (secondary N) is 2. The fraction of sp³-hybridized carbons (Fsp3) is 0.0833. The highest BCUT2D eigenvalue weighted by atomic mass is 32.2. The second-order valence-electron chi connectivity index (χ2n) is 7.31. The third-order valence-electron chi connectivity index (χ3n) is 4.84. The van der Waals surface area contributed by atoms with Gasteiger partial charge in [-0.25, -0.2) is 13.1 Å². The third kappa shape index (κ3) is 5.04. The number of para-hydroxylation sites is 1. The summed E-state index contributed by atoms with van der Waals surface area (Å²) < 4.78 is 29.4. The molecule has 4 aromatic rings. The largest absolute Gasteiger partial charge is 0.348 e. The van der Waals surface area contributed by atoms with Gasteiger partial charge >= 0.3 is 0 Å². The zero-order valence-corrected chi connectivity index (χ0v) is 18.2. The fourth-order valence-corrected chi connectivity index (χ4v) is 4.14. The molecule has 0 unspecified atom stereocenters. The molecule has 7 nitrogen and oxygen atoms in total. The number of sulfonamides is 1. The van der Waals surface area contributed by atoms with Gasteiger partial charge in [-0.2, -0.15) is 5.10 Å². The van der Waals surface area contributed by atoms with Crippen LogP contribution < -0.4 is 10.0 Å². The Labute approximate surface area is 186 Å². The quantitative estimate of drug-likeness (QED) is 0.450. The van der Waals surface area contributed by atoms with E-state index in [2.05, 4.69) is 15.1 Å². The number of carbonyl (C=O) groups excluding carboxylic acids is 1. The summed E-state index contributed by atoms with van der Waals surface area (Å²) in [5, 5.41) is 7.13. The van der Waals surface area contributed by atoms with Crippen molar-refractivity contribution >= 4 is 21.6 Å². The van der Waals surface area contributed by atoms with Gasteiger partial charge in [0.15, 0.2) is 0 Å². The maximum Gasteiger partial charge on any atom is 0.261 e. The minimum Gasteiger partial charge on any atom is -0.348 e. The van der Waals surface area contributed by atoms with Gasteiger partial charge in [0, 0.05) is 29.6 Å². The van der Waals surface area contributed by atoms with Gasteiger partial charge in [-0.15, -0.1) is 0 Å². The second kappa shape index (κ2) is 9.07. The Hall–Kier alpha value is -3.91. The summed E-state index contributed by atoms with van der Waals surface area (Å²) in [7, 11) is -3.74. The standard InChI is InChI=1S/C24H22N4O3S/c1-18-7-11-21(12-8-18)27-32(30,31)23-13-9-20(10-14-23)24(29)25-15-19-16-26-28(17-19)22-5-3-2-4-6-22/h2-14,16-17,27H,15H2,1H3,(H,25,29). The van der Waals surface area contributed by atoms with Crippen molar-refractivity contribution in [1.82, 2.24) is 15.1 Å². The van der Waals surface area contributed by atoms with Crippen LogP contribution in [0.1, 0.15) is 21.5 Å². The van der Waals surface area contributed by atoms with Crippen molar-refractivity contribution in [2.24, 2.45) is 0 Å². The van der Waals surface area contributed by atoms with E-state index in [1.807, 2.05) is 55.6 Å². The predicted octanol–water partition coefficient (Wildman–Crippen LogP) is 3.91. The number of carbonyl (C=O) groups is 1. The molecule has 0 radical (unpaired) electrons. The Morgan fingerprint density at radius 1 is 0.938 bits per heavy atom. The molecule has 0 aliphatic carbocycles. The number of rotatable bonds is 7. The van der Waals surface area contributed by atoms with Crippen molar-refractivity contribution < 1.29 is 13.2 Å². The van der Waals surface area contributed by atoms with Crippen molar-refractivity contribution in [1.29, 1.82) is 0 Å². The van der Waals surface area contributed by atoms with Crippen molar-refractivity contribution in [2.45, 2.75) is 18.4 Å². The average molecular weight is 447 g/mol. The highest BCUT2D eigenvalue weighted by Crippen LogP contribution is 2.17. The maximum atomic E-state index is 12.6. The molecular formula is C24H22N4O3S. The number of nitrogens with zero attached hydrogens (tertiary/aromatic N) is 2. The summed E-state index contributed by atoms with van der Waals surface area (Å²) in [4.78, 5) is 12.6. The minimum atomic E-state index is -3.74. The molecule has 1 aromatic heterocycles. The van der Waals surface area contributed by atoms with Gasteiger partial charge in [0.1, 0.15) is 0 Å². The zero-order valence-electron chi connectivity index (χ0n) is 17.4. The first-order chi connectivity index (χ1) is 15.4. The Balaban J connectivity index is 1.38. The highest BCUT2D eigenvalue weighted by molar-refractivity contribution is 7.92. The molecule has 0 aliphatic heterocycles. The van der Waals surface area contributed by atoms with E-state index in [1.165, 1.54) is 24.3 Å². The molecule has 0 spiro atoms. The van der Waals surface area contributed by atoms with Crippen LogP contribution in [0, 0.1) is 6.92 Å². The fourth-order valence-electron chi connectivity index (χ4n) is 3.08. The van der Waals surface area contributed by atoms with E-state index in [0.29, 0.717) is 17.8 Å². The average Bonchev–Trinajstić information content (AvgIpc) is 3.29. The van der Waals surface area contributed by atoms with E-state index in [-0.39, 0.29) is 10.8 Å². The van der Waals surface area contributed by atoms with Gasteiger partial charge < -0.3 is 5.32 Å². The Morgan fingerprint density at radius 2 is 1.62 bits per heavy atom. The number of amides is 1. The minimum absolute atomic E-state index is 0.0822. The lowest BCUT2D eigenvalue weighted by atomic mass is 10.2. The van der Waals surface area contributed by atoms with E-state index in [9.17, 15) is 13.2 Å². The molecule has 3 aromatic carbocycles. The van der Waals surface area contributed by atoms with E-state index in [1.54, 1.807) is 23.0 Å². The summed E-state index contributed by atoms with van der Waals surface area (Å²) in [6.45, 7) is 2.23. The van der Waals surface area contributed by atoms with Crippen LogP contribution in [0.2, 0.25) is 0 Å². The van der Waals surface area contributed by atoms with Crippen molar-refractivity contribution in [3.05, 3.63) is 108 Å². The van der Waals surface area contributed by atoms with Gasteiger partial charge in [0.25, 0.3) is 15.9 Å². The molecule has 0 bridgehead atoms. The van der Waals surface area contributed by atoms with Crippen molar-refractivity contribution in [3.8, 4) is 5.69 Å². The predicted molar refractivity (Wildman–Crippen MR) is 123 cm³/mol. The number of aromatic nitrogens is 2. The van der Waals surface area contributed by atoms with E-state index in [4.69, 9.17) is 0 Å². The lowest BCUT2D eigenvalue weighted by Gasteiger charge is -2.09. The van der Waals surface area contributed by atoms with Crippen molar-refractivity contribution in [3.63, 3.8) is 0 Å². The zero-order chi connectivity index (χ0) is 22.6. The molecule has 0 fully saturated rings. The third-order valence-corrected chi connectivity index (χ3v) is 6.24. The first-order valence-electron chi connectivity index (χ1n) is 9.97. The number of hydrogen-bond acceptors (Lipinski definition) is 4. The van der Waals surface area contributed by atoms with Gasteiger partial charge in [-0.05, 0) is 55.5 Å². The molecule has 1 heterocycles. The number of anilines is 1. The van der Waals surface area contributed by atoms with Crippen LogP contribution in [0.15, 0.2) is 96.2 Å². The molecular weight excluding hydrogens is 424 g/mol. The first-order valence-corrected chi connectivity index (χ1v) is 11.5. The molecule has 1 amide bonds. The molecule has 162 valence electrons. The van der Waals surface area contributed by atoms with Gasteiger partial charge in [-0.1, -0.05) is 35.9 Å². The SMILES string of the molecule is Cc1ccc(NS(=O)(=O)c2ccc(C(=O)NCc3cnn(-c4ccccc4)c3)cc2)cc1. The summed E-state index contributed by atoms with van der Waals surface area (Å²) in [5.41, 5.74) is 3.67. The summed E-state index contributed by atoms with van der Waals surface area (Å²) in [6.07, 6.45) is 3.54. The van der Waals surface area contributed by atoms with Crippen LogP contribution in [0.25, 0.3) is 5.69 Å². The van der Waals surface area contributed by atoms with Crippen LogP contribution in [-0.4, -0.2) is 24.1 Å². The number of hydrogen-bond donors (Lipinski definition) is 2. The molecule has 8 heteroatoms.